The Bertz CT molecular complexity index is 434. The highest BCUT2D eigenvalue weighted by atomic mass is 16.1. The number of hydrogen-bond donors (Lipinski definition) is 3. The lowest BCUT2D eigenvalue weighted by molar-refractivity contribution is -0.116. The predicted octanol–water partition coefficient (Wildman–Crippen LogP) is 0.415. The molecule has 0 saturated heterocycles. The van der Waals surface area contributed by atoms with E-state index in [1.165, 1.54) is 6.33 Å². The number of rotatable bonds is 7. The summed E-state index contributed by atoms with van der Waals surface area (Å²) in [5.41, 5.74) is 8.78. The van der Waals surface area contributed by atoms with Gasteiger partial charge < -0.3 is 16.1 Å². The van der Waals surface area contributed by atoms with Crippen molar-refractivity contribution in [1.29, 1.82) is 0 Å². The van der Waals surface area contributed by atoms with Gasteiger partial charge in [-0.05, 0) is 20.3 Å². The smallest absolute Gasteiger partial charge is 0.237 e. The third-order valence-corrected chi connectivity index (χ3v) is 2.78. The van der Waals surface area contributed by atoms with Gasteiger partial charge >= 0.3 is 0 Å². The van der Waals surface area contributed by atoms with Crippen molar-refractivity contribution in [2.24, 2.45) is 11.6 Å². The van der Waals surface area contributed by atoms with Crippen molar-refractivity contribution in [3.8, 4) is 0 Å². The van der Waals surface area contributed by atoms with Crippen molar-refractivity contribution >= 4 is 17.5 Å². The first kappa shape index (κ1) is 15.2. The van der Waals surface area contributed by atoms with Crippen LogP contribution in [0, 0.1) is 0 Å². The Morgan fingerprint density at radius 3 is 2.63 bits per heavy atom. The molecule has 0 aliphatic heterocycles. The zero-order chi connectivity index (χ0) is 14.4. The molecule has 0 spiro atoms. The molecule has 0 bridgehead atoms. The van der Waals surface area contributed by atoms with E-state index < -0.39 is 5.91 Å². The Hall–Kier alpha value is -1.89. The van der Waals surface area contributed by atoms with E-state index in [9.17, 15) is 4.79 Å². The van der Waals surface area contributed by atoms with Gasteiger partial charge in [-0.3, -0.25) is 4.79 Å². The van der Waals surface area contributed by atoms with Gasteiger partial charge in [0.2, 0.25) is 5.91 Å². The van der Waals surface area contributed by atoms with Gasteiger partial charge in [0.15, 0.2) is 0 Å². The Labute approximate surface area is 113 Å². The molecule has 0 saturated carbocycles. The third-order valence-electron chi connectivity index (χ3n) is 2.78. The van der Waals surface area contributed by atoms with Crippen molar-refractivity contribution in [2.75, 3.05) is 16.9 Å². The molecule has 1 aromatic rings. The van der Waals surface area contributed by atoms with Gasteiger partial charge in [0, 0.05) is 11.6 Å². The zero-order valence-corrected chi connectivity index (χ0v) is 11.7. The van der Waals surface area contributed by atoms with E-state index in [4.69, 9.17) is 11.6 Å². The third kappa shape index (κ3) is 3.78. The highest BCUT2D eigenvalue weighted by molar-refractivity contribution is 5.80. The number of aromatic nitrogens is 2. The van der Waals surface area contributed by atoms with Gasteiger partial charge in [0.1, 0.15) is 18.0 Å². The summed E-state index contributed by atoms with van der Waals surface area (Å²) in [7, 11) is 0. The van der Waals surface area contributed by atoms with Gasteiger partial charge in [-0.1, -0.05) is 13.3 Å². The van der Waals surface area contributed by atoms with Crippen LogP contribution in [-0.2, 0) is 11.2 Å². The minimum atomic E-state index is -0.392. The fraction of sp³-hybridized carbons (Fsp3) is 0.583. The SMILES string of the molecule is CCCc1c(NN)ncnc1N(CC(N)=O)C(C)C. The monoisotopic (exact) mass is 266 g/mol. The highest BCUT2D eigenvalue weighted by Crippen LogP contribution is 2.25. The van der Waals surface area contributed by atoms with Crippen LogP contribution in [0.2, 0.25) is 0 Å². The van der Waals surface area contributed by atoms with Gasteiger partial charge in [-0.2, -0.15) is 0 Å². The molecule has 1 amide bonds. The fourth-order valence-electron chi connectivity index (χ4n) is 1.93. The van der Waals surface area contributed by atoms with Crippen LogP contribution >= 0.6 is 0 Å². The number of anilines is 2. The number of nitrogens with zero attached hydrogens (tertiary/aromatic N) is 3. The summed E-state index contributed by atoms with van der Waals surface area (Å²) in [6.45, 7) is 6.15. The molecular weight excluding hydrogens is 244 g/mol. The lowest BCUT2D eigenvalue weighted by atomic mass is 10.1. The quantitative estimate of drug-likeness (QED) is 0.487. The van der Waals surface area contributed by atoms with E-state index in [1.807, 2.05) is 18.7 Å². The average molecular weight is 266 g/mol. The number of carbonyl (C=O) groups excluding carboxylic acids is 1. The van der Waals surface area contributed by atoms with Crippen LogP contribution in [0.5, 0.6) is 0 Å². The number of carbonyl (C=O) groups is 1. The minimum Gasteiger partial charge on any atom is -0.368 e. The number of nitrogens with one attached hydrogen (secondary N) is 1. The van der Waals surface area contributed by atoms with Crippen molar-refractivity contribution in [3.05, 3.63) is 11.9 Å². The Morgan fingerprint density at radius 2 is 2.16 bits per heavy atom. The first-order valence-corrected chi connectivity index (χ1v) is 6.36. The van der Waals surface area contributed by atoms with E-state index in [2.05, 4.69) is 22.3 Å². The number of amides is 1. The first-order chi connectivity index (χ1) is 9.01. The van der Waals surface area contributed by atoms with Crippen LogP contribution in [0.4, 0.5) is 11.6 Å². The highest BCUT2D eigenvalue weighted by Gasteiger charge is 2.20. The molecule has 0 radical (unpaired) electrons. The van der Waals surface area contributed by atoms with Crippen LogP contribution < -0.4 is 21.9 Å². The maximum absolute atomic E-state index is 11.2. The first-order valence-electron chi connectivity index (χ1n) is 6.36. The molecule has 7 nitrogen and oxygen atoms in total. The molecule has 0 aromatic carbocycles. The summed E-state index contributed by atoms with van der Waals surface area (Å²) in [6.07, 6.45) is 3.13. The molecule has 1 heterocycles. The van der Waals surface area contributed by atoms with E-state index in [0.717, 1.165) is 18.4 Å². The number of nitrogens with two attached hydrogens (primary N) is 2. The molecule has 0 atom stereocenters. The van der Waals surface area contributed by atoms with Crippen LogP contribution in [0.25, 0.3) is 0 Å². The number of hydrazine groups is 1. The lowest BCUT2D eigenvalue weighted by Crippen LogP contribution is -2.40. The van der Waals surface area contributed by atoms with Crippen LogP contribution in [0.1, 0.15) is 32.8 Å². The molecule has 0 unspecified atom stereocenters. The molecule has 19 heavy (non-hydrogen) atoms. The van der Waals surface area contributed by atoms with Crippen molar-refractivity contribution in [3.63, 3.8) is 0 Å². The van der Waals surface area contributed by atoms with Gasteiger partial charge in [-0.25, -0.2) is 15.8 Å². The molecule has 106 valence electrons. The minimum absolute atomic E-state index is 0.101. The summed E-state index contributed by atoms with van der Waals surface area (Å²) in [6, 6.07) is 0.101. The Morgan fingerprint density at radius 1 is 1.47 bits per heavy atom. The van der Waals surface area contributed by atoms with E-state index in [0.29, 0.717) is 11.6 Å². The molecule has 7 heteroatoms. The van der Waals surface area contributed by atoms with Gasteiger partial charge in [0.05, 0.1) is 6.54 Å². The number of nitrogen functional groups attached to an aromatic ring is 1. The summed E-state index contributed by atoms with van der Waals surface area (Å²) < 4.78 is 0. The second kappa shape index (κ2) is 6.89. The summed E-state index contributed by atoms with van der Waals surface area (Å²) in [4.78, 5) is 21.5. The van der Waals surface area contributed by atoms with Crippen LogP contribution in [0.15, 0.2) is 6.33 Å². The van der Waals surface area contributed by atoms with Crippen LogP contribution in [0.3, 0.4) is 0 Å². The second-order valence-electron chi connectivity index (χ2n) is 4.61. The molecule has 5 N–H and O–H groups in total. The molecular formula is C12H22N6O. The number of primary amides is 1. The summed E-state index contributed by atoms with van der Waals surface area (Å²) >= 11 is 0. The van der Waals surface area contributed by atoms with Crippen molar-refractivity contribution in [2.45, 2.75) is 39.7 Å². The van der Waals surface area contributed by atoms with E-state index in [1.54, 1.807) is 0 Å². The maximum Gasteiger partial charge on any atom is 0.237 e. The average Bonchev–Trinajstić information content (AvgIpc) is 2.36. The van der Waals surface area contributed by atoms with E-state index in [-0.39, 0.29) is 12.6 Å². The van der Waals surface area contributed by atoms with Crippen LogP contribution in [-0.4, -0.2) is 28.5 Å². The summed E-state index contributed by atoms with van der Waals surface area (Å²) in [5, 5.41) is 0. The number of hydrogen-bond acceptors (Lipinski definition) is 6. The second-order valence-corrected chi connectivity index (χ2v) is 4.61. The molecule has 1 rings (SSSR count). The molecule has 0 aliphatic carbocycles. The lowest BCUT2D eigenvalue weighted by Gasteiger charge is -2.28. The largest absolute Gasteiger partial charge is 0.368 e. The predicted molar refractivity (Wildman–Crippen MR) is 75.5 cm³/mol. The van der Waals surface area contributed by atoms with Gasteiger partial charge in [-0.15, -0.1) is 0 Å². The van der Waals surface area contributed by atoms with Crippen molar-refractivity contribution < 1.29 is 4.79 Å². The Balaban J connectivity index is 3.24. The Kier molecular flexibility index (Phi) is 5.50. The summed E-state index contributed by atoms with van der Waals surface area (Å²) in [5.74, 6) is 6.38. The van der Waals surface area contributed by atoms with Gasteiger partial charge in [0.25, 0.3) is 0 Å². The van der Waals surface area contributed by atoms with E-state index >= 15 is 0 Å². The molecule has 0 fully saturated rings. The standard InChI is InChI=1S/C12H22N6O/c1-4-5-9-11(17-14)15-7-16-12(9)18(8(2)3)6-10(13)19/h7-8H,4-6,14H2,1-3H3,(H2,13,19)(H,15,16,17). The van der Waals surface area contributed by atoms with Crippen molar-refractivity contribution in [1.82, 2.24) is 9.97 Å². The fourth-order valence-corrected chi connectivity index (χ4v) is 1.93. The topological polar surface area (TPSA) is 110 Å². The maximum atomic E-state index is 11.2. The zero-order valence-electron chi connectivity index (χ0n) is 11.7. The molecule has 0 aliphatic rings. The molecule has 1 aromatic heterocycles. The normalized spacial score (nSPS) is 10.6.